The predicted octanol–water partition coefficient (Wildman–Crippen LogP) is 2.19. The molecule has 0 atom stereocenters. The Labute approximate surface area is 158 Å². The Kier molecular flexibility index (Phi) is 7.79. The quantitative estimate of drug-likeness (QED) is 0.652. The average molecular weight is 374 g/mol. The van der Waals surface area contributed by atoms with Crippen LogP contribution in [0.2, 0.25) is 0 Å². The molecule has 0 radical (unpaired) electrons. The lowest BCUT2D eigenvalue weighted by molar-refractivity contribution is -0.130. The first-order valence-corrected chi connectivity index (χ1v) is 9.07. The van der Waals surface area contributed by atoms with E-state index in [0.29, 0.717) is 30.3 Å². The second-order valence-electron chi connectivity index (χ2n) is 6.34. The van der Waals surface area contributed by atoms with Crippen molar-refractivity contribution in [2.45, 2.75) is 52.9 Å². The molecule has 1 aromatic heterocycles. The third-order valence-electron chi connectivity index (χ3n) is 3.97. The second-order valence-corrected chi connectivity index (χ2v) is 6.34. The zero-order valence-corrected chi connectivity index (χ0v) is 16.0. The molecule has 0 spiro atoms. The van der Waals surface area contributed by atoms with E-state index in [9.17, 15) is 9.59 Å². The number of hydrazine groups is 1. The van der Waals surface area contributed by atoms with E-state index in [1.807, 2.05) is 32.9 Å². The zero-order valence-electron chi connectivity index (χ0n) is 16.0. The number of hydrogen-bond donors (Lipinski definition) is 2. The highest BCUT2D eigenvalue weighted by atomic mass is 16.5. The molecule has 0 aliphatic carbocycles. The van der Waals surface area contributed by atoms with Gasteiger partial charge in [-0.3, -0.25) is 20.4 Å². The SMILES string of the molecule is CCCc1noc(CCCC(=O)NNC(=O)COc2ccc(C)c(C)c2)n1. The smallest absolute Gasteiger partial charge is 0.276 e. The molecule has 0 aliphatic rings. The molecule has 2 aromatic rings. The van der Waals surface area contributed by atoms with E-state index < -0.39 is 5.91 Å². The van der Waals surface area contributed by atoms with Crippen molar-refractivity contribution in [2.75, 3.05) is 6.61 Å². The van der Waals surface area contributed by atoms with E-state index >= 15 is 0 Å². The van der Waals surface area contributed by atoms with Crippen molar-refractivity contribution in [1.29, 1.82) is 0 Å². The number of nitrogens with zero attached hydrogens (tertiary/aromatic N) is 2. The summed E-state index contributed by atoms with van der Waals surface area (Å²) in [5, 5.41) is 3.86. The molecule has 2 N–H and O–H groups in total. The first-order chi connectivity index (χ1) is 13.0. The fourth-order valence-electron chi connectivity index (χ4n) is 2.31. The highest BCUT2D eigenvalue weighted by molar-refractivity contribution is 5.82. The fourth-order valence-corrected chi connectivity index (χ4v) is 2.31. The summed E-state index contributed by atoms with van der Waals surface area (Å²) in [6.07, 6.45) is 3.04. The van der Waals surface area contributed by atoms with Gasteiger partial charge >= 0.3 is 0 Å². The molecule has 146 valence electrons. The van der Waals surface area contributed by atoms with Gasteiger partial charge in [0, 0.05) is 19.3 Å². The fraction of sp³-hybridized carbons (Fsp3) is 0.474. The lowest BCUT2D eigenvalue weighted by Crippen LogP contribution is -2.43. The van der Waals surface area contributed by atoms with E-state index in [-0.39, 0.29) is 18.9 Å². The van der Waals surface area contributed by atoms with Crippen molar-refractivity contribution in [3.63, 3.8) is 0 Å². The maximum absolute atomic E-state index is 11.8. The molecular formula is C19H26N4O4. The molecule has 2 rings (SSSR count). The van der Waals surface area contributed by atoms with Gasteiger partial charge in [-0.05, 0) is 49.9 Å². The Bertz CT molecular complexity index is 773. The van der Waals surface area contributed by atoms with Crippen LogP contribution in [0.4, 0.5) is 0 Å². The Balaban J connectivity index is 1.61. The summed E-state index contributed by atoms with van der Waals surface area (Å²) in [5.74, 6) is 1.11. The van der Waals surface area contributed by atoms with Gasteiger partial charge in [-0.15, -0.1) is 0 Å². The van der Waals surface area contributed by atoms with Crippen molar-refractivity contribution < 1.29 is 18.8 Å². The average Bonchev–Trinajstić information content (AvgIpc) is 3.08. The maximum Gasteiger partial charge on any atom is 0.276 e. The van der Waals surface area contributed by atoms with Crippen LogP contribution in [0.5, 0.6) is 5.75 Å². The number of nitrogens with one attached hydrogen (secondary N) is 2. The number of hydrogen-bond acceptors (Lipinski definition) is 6. The van der Waals surface area contributed by atoms with E-state index in [1.165, 1.54) is 0 Å². The minimum atomic E-state index is -0.428. The molecule has 8 heteroatoms. The standard InChI is InChI=1S/C19H26N4O4/c1-4-6-16-20-19(27-23-16)8-5-7-17(24)21-22-18(25)12-26-15-10-9-13(2)14(3)11-15/h9-11H,4-8,12H2,1-3H3,(H,21,24)(H,22,25). The predicted molar refractivity (Wildman–Crippen MR) is 98.9 cm³/mol. The molecule has 0 bridgehead atoms. The van der Waals surface area contributed by atoms with Crippen LogP contribution in [0.25, 0.3) is 0 Å². The summed E-state index contributed by atoms with van der Waals surface area (Å²) >= 11 is 0. The molecule has 0 saturated heterocycles. The van der Waals surface area contributed by atoms with Crippen LogP contribution in [-0.2, 0) is 22.4 Å². The summed E-state index contributed by atoms with van der Waals surface area (Å²) < 4.78 is 10.5. The minimum Gasteiger partial charge on any atom is -0.484 e. The highest BCUT2D eigenvalue weighted by Gasteiger charge is 2.09. The summed E-state index contributed by atoms with van der Waals surface area (Å²) in [7, 11) is 0. The molecular weight excluding hydrogens is 348 g/mol. The van der Waals surface area contributed by atoms with Crippen LogP contribution in [-0.4, -0.2) is 28.6 Å². The Hall–Kier alpha value is -2.90. The molecule has 27 heavy (non-hydrogen) atoms. The summed E-state index contributed by atoms with van der Waals surface area (Å²) in [4.78, 5) is 27.8. The summed E-state index contributed by atoms with van der Waals surface area (Å²) in [6.45, 7) is 5.85. The van der Waals surface area contributed by atoms with Crippen molar-refractivity contribution in [3.8, 4) is 5.75 Å². The van der Waals surface area contributed by atoms with Gasteiger partial charge < -0.3 is 9.26 Å². The van der Waals surface area contributed by atoms with Gasteiger partial charge in [0.15, 0.2) is 12.4 Å². The van der Waals surface area contributed by atoms with Crippen LogP contribution < -0.4 is 15.6 Å². The molecule has 8 nitrogen and oxygen atoms in total. The van der Waals surface area contributed by atoms with Gasteiger partial charge in [-0.25, -0.2) is 0 Å². The Morgan fingerprint density at radius 2 is 1.89 bits per heavy atom. The van der Waals surface area contributed by atoms with Gasteiger partial charge in [0.05, 0.1) is 0 Å². The largest absolute Gasteiger partial charge is 0.484 e. The summed E-state index contributed by atoms with van der Waals surface area (Å²) in [6, 6.07) is 5.60. The van der Waals surface area contributed by atoms with Gasteiger partial charge in [0.25, 0.3) is 5.91 Å². The number of benzene rings is 1. The Morgan fingerprint density at radius 3 is 2.63 bits per heavy atom. The van der Waals surface area contributed by atoms with Crippen LogP contribution in [0, 0.1) is 13.8 Å². The van der Waals surface area contributed by atoms with Crippen LogP contribution in [0.1, 0.15) is 49.0 Å². The third kappa shape index (κ3) is 7.08. The van der Waals surface area contributed by atoms with Gasteiger partial charge in [0.2, 0.25) is 11.8 Å². The third-order valence-corrected chi connectivity index (χ3v) is 3.97. The maximum atomic E-state index is 11.8. The molecule has 1 aromatic carbocycles. The van der Waals surface area contributed by atoms with Crippen LogP contribution in [0.3, 0.4) is 0 Å². The normalized spacial score (nSPS) is 10.5. The topological polar surface area (TPSA) is 106 Å². The molecule has 2 amide bonds. The number of carbonyl (C=O) groups excluding carboxylic acids is 2. The number of amides is 2. The van der Waals surface area contributed by atoms with E-state index in [1.54, 1.807) is 6.07 Å². The number of aryl methyl sites for hydroxylation is 4. The molecule has 1 heterocycles. The van der Waals surface area contributed by atoms with Crippen molar-refractivity contribution in [3.05, 3.63) is 41.0 Å². The summed E-state index contributed by atoms with van der Waals surface area (Å²) in [5.41, 5.74) is 6.94. The van der Waals surface area contributed by atoms with Gasteiger partial charge in [-0.1, -0.05) is 18.1 Å². The van der Waals surface area contributed by atoms with E-state index in [2.05, 4.69) is 21.0 Å². The van der Waals surface area contributed by atoms with Gasteiger partial charge in [0.1, 0.15) is 5.75 Å². The zero-order chi connectivity index (χ0) is 19.6. The van der Waals surface area contributed by atoms with Gasteiger partial charge in [-0.2, -0.15) is 4.98 Å². The lowest BCUT2D eigenvalue weighted by Gasteiger charge is -2.09. The highest BCUT2D eigenvalue weighted by Crippen LogP contribution is 2.16. The van der Waals surface area contributed by atoms with E-state index in [0.717, 1.165) is 24.0 Å². The van der Waals surface area contributed by atoms with Crippen LogP contribution >= 0.6 is 0 Å². The Morgan fingerprint density at radius 1 is 1.11 bits per heavy atom. The number of aromatic nitrogens is 2. The second kappa shape index (κ2) is 10.3. The monoisotopic (exact) mass is 374 g/mol. The van der Waals surface area contributed by atoms with E-state index in [4.69, 9.17) is 9.26 Å². The molecule has 0 saturated carbocycles. The first-order valence-electron chi connectivity index (χ1n) is 9.07. The minimum absolute atomic E-state index is 0.176. The lowest BCUT2D eigenvalue weighted by atomic mass is 10.1. The number of rotatable bonds is 9. The van der Waals surface area contributed by atoms with Crippen molar-refractivity contribution in [2.24, 2.45) is 0 Å². The molecule has 0 aliphatic heterocycles. The van der Waals surface area contributed by atoms with Crippen molar-refractivity contribution in [1.82, 2.24) is 21.0 Å². The first kappa shape index (κ1) is 20.4. The number of ether oxygens (including phenoxy) is 1. The van der Waals surface area contributed by atoms with Crippen molar-refractivity contribution >= 4 is 11.8 Å². The molecule has 0 unspecified atom stereocenters. The van der Waals surface area contributed by atoms with Crippen LogP contribution in [0.15, 0.2) is 22.7 Å². The number of carbonyl (C=O) groups is 2. The molecule has 0 fully saturated rings.